The molecular formula is C39H51N6O10S2+. The number of amides is 2. The number of fused-ring (bicyclic) bond motifs is 2. The molecule has 4 rings (SSSR count). The summed E-state index contributed by atoms with van der Waals surface area (Å²) < 4.78 is 59.4. The number of carbonyl (C=O) groups excluding carboxylic acids is 2. The number of nitrogens with zero attached hydrogens (tertiary/aromatic N) is 2. The first-order chi connectivity index (χ1) is 26.6. The van der Waals surface area contributed by atoms with Crippen LogP contribution in [0.4, 0.5) is 11.4 Å². The third-order valence-electron chi connectivity index (χ3n) is 9.97. The molecular weight excluding hydrogens is 777 g/mol. The highest BCUT2D eigenvalue weighted by Crippen LogP contribution is 2.47. The lowest BCUT2D eigenvalue weighted by molar-refractivity contribution is -0.401. The fourth-order valence-electron chi connectivity index (χ4n) is 6.88. The molecule has 0 saturated heterocycles. The second-order valence-corrected chi connectivity index (χ2v) is 18.2. The van der Waals surface area contributed by atoms with Crippen LogP contribution in [0.25, 0.3) is 0 Å². The number of aliphatic carboxylic acids is 2. The van der Waals surface area contributed by atoms with E-state index in [1.165, 1.54) is 12.1 Å². The Balaban J connectivity index is 1.40. The van der Waals surface area contributed by atoms with Crippen LogP contribution in [-0.4, -0.2) is 101 Å². The van der Waals surface area contributed by atoms with Crippen LogP contribution >= 0.6 is 0 Å². The maximum atomic E-state index is 13.1. The Morgan fingerprint density at radius 2 is 1.21 bits per heavy atom. The van der Waals surface area contributed by atoms with E-state index in [-0.39, 0.29) is 61.7 Å². The molecule has 0 fully saturated rings. The van der Waals surface area contributed by atoms with Gasteiger partial charge in [0.05, 0.1) is 28.0 Å². The van der Waals surface area contributed by atoms with Crippen molar-refractivity contribution in [2.75, 3.05) is 45.2 Å². The Labute approximate surface area is 333 Å². The van der Waals surface area contributed by atoms with Crippen molar-refractivity contribution in [1.29, 1.82) is 0 Å². The molecule has 0 bridgehead atoms. The number of anilines is 1. The van der Waals surface area contributed by atoms with E-state index in [0.717, 1.165) is 33.9 Å². The highest BCUT2D eigenvalue weighted by molar-refractivity contribution is 7.89. The number of allylic oxidation sites excluding steroid dienone is 6. The van der Waals surface area contributed by atoms with Crippen molar-refractivity contribution in [2.45, 2.75) is 74.0 Å². The van der Waals surface area contributed by atoms with E-state index in [0.29, 0.717) is 0 Å². The maximum absolute atomic E-state index is 13.1. The third-order valence-corrected chi connectivity index (χ3v) is 12.9. The van der Waals surface area contributed by atoms with Gasteiger partial charge in [-0.05, 0) is 55.8 Å². The quantitative estimate of drug-likeness (QED) is 0.0685. The van der Waals surface area contributed by atoms with Crippen LogP contribution in [0.15, 0.2) is 82.3 Å². The molecule has 2 aliphatic heterocycles. The van der Waals surface area contributed by atoms with Gasteiger partial charge in [-0.3, -0.25) is 19.2 Å². The Bertz CT molecular complexity index is 2280. The molecule has 57 heavy (non-hydrogen) atoms. The van der Waals surface area contributed by atoms with Gasteiger partial charge in [-0.25, -0.2) is 26.3 Å². The summed E-state index contributed by atoms with van der Waals surface area (Å²) in [7, 11) is -3.97. The number of benzene rings is 2. The van der Waals surface area contributed by atoms with Crippen LogP contribution < -0.4 is 25.0 Å². The highest BCUT2D eigenvalue weighted by Gasteiger charge is 2.44. The summed E-state index contributed by atoms with van der Waals surface area (Å²) in [4.78, 5) is 47.0. The summed E-state index contributed by atoms with van der Waals surface area (Å²) in [6.07, 6.45) is 8.64. The zero-order valence-corrected chi connectivity index (χ0v) is 34.5. The fourth-order valence-corrected chi connectivity index (χ4v) is 9.00. The van der Waals surface area contributed by atoms with Gasteiger partial charge in [0, 0.05) is 80.6 Å². The first kappa shape index (κ1) is 44.5. The molecule has 0 radical (unpaired) electrons. The number of hydrogen-bond acceptors (Lipinski definition) is 9. The second kappa shape index (κ2) is 18.0. The number of rotatable bonds is 19. The van der Waals surface area contributed by atoms with Gasteiger partial charge in [-0.1, -0.05) is 32.1 Å². The van der Waals surface area contributed by atoms with Gasteiger partial charge >= 0.3 is 11.9 Å². The predicted molar refractivity (Wildman–Crippen MR) is 215 cm³/mol. The number of likely N-dealkylation sites (N-methyl/N-ethyl adjacent to an activating group) is 1. The predicted octanol–water partition coefficient (Wildman–Crippen LogP) is 2.64. The molecule has 2 heterocycles. The number of nitrogens with one attached hydrogen (secondary N) is 4. The smallest absolute Gasteiger partial charge is 0.303 e. The van der Waals surface area contributed by atoms with E-state index in [1.54, 1.807) is 24.3 Å². The van der Waals surface area contributed by atoms with Crippen LogP contribution in [0.5, 0.6) is 0 Å². The average molecular weight is 828 g/mol. The third kappa shape index (κ3) is 10.6. The van der Waals surface area contributed by atoms with Gasteiger partial charge in [0.1, 0.15) is 7.05 Å². The number of carboxylic acids is 2. The van der Waals surface area contributed by atoms with Crippen LogP contribution in [0.1, 0.15) is 64.5 Å². The molecule has 0 unspecified atom stereocenters. The van der Waals surface area contributed by atoms with E-state index < -0.39 is 54.6 Å². The molecule has 0 aliphatic carbocycles. The zero-order chi connectivity index (χ0) is 42.3. The van der Waals surface area contributed by atoms with Crippen molar-refractivity contribution in [2.24, 2.45) is 0 Å². The summed E-state index contributed by atoms with van der Waals surface area (Å²) in [5.74, 6) is -3.13. The zero-order valence-electron chi connectivity index (χ0n) is 32.9. The van der Waals surface area contributed by atoms with Gasteiger partial charge in [0.2, 0.25) is 37.5 Å². The van der Waals surface area contributed by atoms with Crippen LogP contribution in [-0.2, 0) is 50.1 Å². The molecule has 0 atom stereocenters. The largest absolute Gasteiger partial charge is 0.481 e. The molecule has 2 aromatic rings. The van der Waals surface area contributed by atoms with Crippen molar-refractivity contribution in [1.82, 2.24) is 20.1 Å². The molecule has 2 amide bonds. The first-order valence-corrected chi connectivity index (χ1v) is 21.2. The van der Waals surface area contributed by atoms with Crippen LogP contribution in [0.2, 0.25) is 0 Å². The second-order valence-electron chi connectivity index (χ2n) is 14.7. The van der Waals surface area contributed by atoms with Crippen molar-refractivity contribution >= 4 is 60.9 Å². The van der Waals surface area contributed by atoms with Gasteiger partial charge in [-0.15, -0.1) is 0 Å². The highest BCUT2D eigenvalue weighted by atomic mass is 32.2. The Hall–Kier alpha value is -5.17. The van der Waals surface area contributed by atoms with E-state index in [2.05, 4.69) is 20.1 Å². The normalized spacial score (nSPS) is 16.7. The van der Waals surface area contributed by atoms with E-state index >= 15 is 0 Å². The molecule has 0 aromatic heterocycles. The Kier molecular flexibility index (Phi) is 14.0. The lowest BCUT2D eigenvalue weighted by atomic mass is 9.81. The van der Waals surface area contributed by atoms with Gasteiger partial charge < -0.3 is 25.7 Å². The van der Waals surface area contributed by atoms with E-state index in [1.807, 2.05) is 81.6 Å². The Morgan fingerprint density at radius 3 is 1.74 bits per heavy atom. The Morgan fingerprint density at radius 1 is 0.702 bits per heavy atom. The topological polar surface area (TPSA) is 231 Å². The van der Waals surface area contributed by atoms with Gasteiger partial charge in [0.25, 0.3) is 0 Å². The summed E-state index contributed by atoms with van der Waals surface area (Å²) in [6.45, 7) is 7.95. The molecule has 18 heteroatoms. The van der Waals surface area contributed by atoms with Crippen molar-refractivity contribution in [3.05, 3.63) is 83.6 Å². The molecule has 2 aliphatic rings. The summed E-state index contributed by atoms with van der Waals surface area (Å²) in [5.41, 5.74) is 4.15. The summed E-state index contributed by atoms with van der Waals surface area (Å²) in [5, 5.41) is 22.4. The lowest BCUT2D eigenvalue weighted by Crippen LogP contribution is -2.35. The van der Waals surface area contributed by atoms with Crippen molar-refractivity contribution in [3.8, 4) is 0 Å². The molecule has 16 nitrogen and oxygen atoms in total. The van der Waals surface area contributed by atoms with Crippen molar-refractivity contribution in [3.63, 3.8) is 0 Å². The maximum Gasteiger partial charge on any atom is 0.303 e. The minimum Gasteiger partial charge on any atom is -0.481 e. The molecule has 0 saturated carbocycles. The van der Waals surface area contributed by atoms with Crippen LogP contribution in [0.3, 0.4) is 0 Å². The van der Waals surface area contributed by atoms with Crippen LogP contribution in [0, 0.1) is 0 Å². The number of sulfonamides is 2. The monoisotopic (exact) mass is 827 g/mol. The average Bonchev–Trinajstić information content (AvgIpc) is 3.45. The molecule has 6 N–H and O–H groups in total. The minimum absolute atomic E-state index is 0.0129. The fraction of sp³-hybridized carbons (Fsp3) is 0.410. The van der Waals surface area contributed by atoms with Gasteiger partial charge in [-0.2, -0.15) is 4.58 Å². The standard InChI is InChI=1S/C39H50N6O10S2/c1-38(2)28-24-26(56(52,53)42-22-20-40-34(46)16-18-36(48)49)12-14-30(28)44(5)32(38)10-8-7-9-11-33-39(3,4)29-25-27(13-15-31(29)45(33)6)57(54,55)43-23-21-41-35(47)17-19-37(50)51/h7-15,24-25,42-43H,16-23H2,1-6H3,(H3-,40,41,46,47,48,49,50,51)/p+1. The van der Waals surface area contributed by atoms with Crippen molar-refractivity contribution < 1.29 is 50.8 Å². The number of carboxylic acid groups (broad SMARTS) is 2. The minimum atomic E-state index is -3.90. The number of carbonyl (C=O) groups is 4. The lowest BCUT2D eigenvalue weighted by Gasteiger charge is -2.23. The molecule has 0 spiro atoms. The summed E-state index contributed by atoms with van der Waals surface area (Å²) >= 11 is 0. The SMILES string of the molecule is CN1C(=CC=CC=CC2=[N+](C)c3ccc(S(=O)(=O)NCCNC(=O)CCC(=O)O)cc3C2(C)C)C(C)(C)c2cc(S(=O)(=O)NCCNC(=O)CCC(=O)O)ccc21. The summed E-state index contributed by atoms with van der Waals surface area (Å²) in [6, 6.07) is 9.87. The number of hydrogen-bond donors (Lipinski definition) is 6. The first-order valence-electron chi connectivity index (χ1n) is 18.3. The van der Waals surface area contributed by atoms with E-state index in [4.69, 9.17) is 10.2 Å². The van der Waals surface area contributed by atoms with E-state index in [9.17, 15) is 36.0 Å². The molecule has 2 aromatic carbocycles. The molecule has 308 valence electrons. The van der Waals surface area contributed by atoms with Gasteiger partial charge in [0.15, 0.2) is 5.71 Å².